The van der Waals surface area contributed by atoms with Gasteiger partial charge >= 0.3 is 0 Å². The molecule has 1 atom stereocenters. The summed E-state index contributed by atoms with van der Waals surface area (Å²) >= 11 is 0. The van der Waals surface area contributed by atoms with E-state index in [-0.39, 0.29) is 5.41 Å². The van der Waals surface area contributed by atoms with Gasteiger partial charge in [0.1, 0.15) is 0 Å². The van der Waals surface area contributed by atoms with Gasteiger partial charge in [0, 0.05) is 19.1 Å². The monoisotopic (exact) mass is 168 g/mol. The highest BCUT2D eigenvalue weighted by Gasteiger charge is 2.33. The van der Waals surface area contributed by atoms with Crippen LogP contribution in [0.1, 0.15) is 13.3 Å². The lowest BCUT2D eigenvalue weighted by Gasteiger charge is -2.22. The molecule has 1 saturated heterocycles. The molecule has 1 aliphatic heterocycles. The summed E-state index contributed by atoms with van der Waals surface area (Å²) in [7, 11) is 1.73. The Morgan fingerprint density at radius 1 is 1.67 bits per heavy atom. The second-order valence-electron chi connectivity index (χ2n) is 3.86. The Morgan fingerprint density at radius 3 is 3.00 bits per heavy atom. The van der Waals surface area contributed by atoms with Gasteiger partial charge in [0.05, 0.1) is 19.2 Å². The Bertz CT molecular complexity index is 187. The van der Waals surface area contributed by atoms with Gasteiger partial charge < -0.3 is 4.74 Å². The van der Waals surface area contributed by atoms with E-state index >= 15 is 0 Å². The van der Waals surface area contributed by atoms with E-state index in [1.165, 1.54) is 0 Å². The SMILES string of the molecule is COCC1(C)CCN(CC#N)C1. The Hall–Kier alpha value is -0.590. The van der Waals surface area contributed by atoms with Gasteiger partial charge in [0.15, 0.2) is 0 Å². The van der Waals surface area contributed by atoms with Crippen LogP contribution in [0.15, 0.2) is 0 Å². The topological polar surface area (TPSA) is 36.3 Å². The maximum atomic E-state index is 8.50. The standard InChI is InChI=1S/C9H16N2O/c1-9(8-12-2)3-5-11(7-9)6-4-10/h3,5-8H2,1-2H3. The Labute approximate surface area is 73.9 Å². The third-order valence-corrected chi connectivity index (χ3v) is 2.42. The van der Waals surface area contributed by atoms with Crippen molar-refractivity contribution in [2.45, 2.75) is 13.3 Å². The summed E-state index contributed by atoms with van der Waals surface area (Å²) in [5.41, 5.74) is 0.269. The first-order valence-corrected chi connectivity index (χ1v) is 4.28. The summed E-state index contributed by atoms with van der Waals surface area (Å²) in [6.45, 7) is 5.60. The van der Waals surface area contributed by atoms with Crippen LogP contribution in [0.25, 0.3) is 0 Å². The number of methoxy groups -OCH3 is 1. The fourth-order valence-corrected chi connectivity index (χ4v) is 1.83. The molecular weight excluding hydrogens is 152 g/mol. The third kappa shape index (κ3) is 2.20. The van der Waals surface area contributed by atoms with E-state index in [1.807, 2.05) is 0 Å². The Kier molecular flexibility index (Phi) is 3.07. The van der Waals surface area contributed by atoms with Crippen LogP contribution < -0.4 is 0 Å². The van der Waals surface area contributed by atoms with Crippen molar-refractivity contribution >= 4 is 0 Å². The van der Waals surface area contributed by atoms with Crippen molar-refractivity contribution in [2.24, 2.45) is 5.41 Å². The highest BCUT2D eigenvalue weighted by molar-refractivity contribution is 4.89. The van der Waals surface area contributed by atoms with Crippen LogP contribution in [0.5, 0.6) is 0 Å². The highest BCUT2D eigenvalue weighted by atomic mass is 16.5. The second kappa shape index (κ2) is 3.88. The highest BCUT2D eigenvalue weighted by Crippen LogP contribution is 2.29. The van der Waals surface area contributed by atoms with Gasteiger partial charge in [-0.05, 0) is 13.0 Å². The fraction of sp³-hybridized carbons (Fsp3) is 0.889. The predicted octanol–water partition coefficient (Wildman–Crippen LogP) is 0.868. The van der Waals surface area contributed by atoms with Crippen molar-refractivity contribution < 1.29 is 4.74 Å². The zero-order valence-electron chi connectivity index (χ0n) is 7.84. The summed E-state index contributed by atoms with van der Waals surface area (Å²) < 4.78 is 5.15. The molecular formula is C9H16N2O. The zero-order valence-corrected chi connectivity index (χ0v) is 7.84. The predicted molar refractivity (Wildman–Crippen MR) is 46.7 cm³/mol. The van der Waals surface area contributed by atoms with Gasteiger partial charge in [-0.15, -0.1) is 0 Å². The minimum absolute atomic E-state index is 0.269. The minimum Gasteiger partial charge on any atom is -0.384 e. The largest absolute Gasteiger partial charge is 0.384 e. The molecule has 3 nitrogen and oxygen atoms in total. The van der Waals surface area contributed by atoms with E-state index in [0.29, 0.717) is 6.54 Å². The smallest absolute Gasteiger partial charge is 0.0866 e. The minimum atomic E-state index is 0.269. The fourth-order valence-electron chi connectivity index (χ4n) is 1.83. The van der Waals surface area contributed by atoms with Crippen molar-refractivity contribution in [1.29, 1.82) is 5.26 Å². The summed E-state index contributed by atoms with van der Waals surface area (Å²) in [5.74, 6) is 0. The molecule has 0 aromatic rings. The lowest BCUT2D eigenvalue weighted by atomic mass is 9.91. The van der Waals surface area contributed by atoms with Gasteiger partial charge in [-0.25, -0.2) is 0 Å². The quantitative estimate of drug-likeness (QED) is 0.587. The molecule has 1 rings (SSSR count). The van der Waals surface area contributed by atoms with Crippen LogP contribution in [-0.4, -0.2) is 38.3 Å². The molecule has 0 N–H and O–H groups in total. The summed E-state index contributed by atoms with van der Waals surface area (Å²) in [5, 5.41) is 8.50. The van der Waals surface area contributed by atoms with E-state index < -0.39 is 0 Å². The van der Waals surface area contributed by atoms with Crippen molar-refractivity contribution in [1.82, 2.24) is 4.90 Å². The van der Waals surface area contributed by atoms with Crippen LogP contribution in [0.4, 0.5) is 0 Å². The molecule has 1 fully saturated rings. The normalized spacial score (nSPS) is 30.4. The first-order chi connectivity index (χ1) is 5.70. The molecule has 0 saturated carbocycles. The lowest BCUT2D eigenvalue weighted by Crippen LogP contribution is -2.28. The average Bonchev–Trinajstić information content (AvgIpc) is 2.34. The van der Waals surface area contributed by atoms with Crippen LogP contribution in [0.2, 0.25) is 0 Å². The first kappa shape index (κ1) is 9.50. The molecule has 1 aliphatic rings. The number of nitrogens with zero attached hydrogens (tertiary/aromatic N) is 2. The van der Waals surface area contributed by atoms with Crippen molar-refractivity contribution in [3.8, 4) is 6.07 Å². The molecule has 0 aromatic carbocycles. The molecule has 1 heterocycles. The summed E-state index contributed by atoms with van der Waals surface area (Å²) in [6.07, 6.45) is 1.14. The average molecular weight is 168 g/mol. The molecule has 0 radical (unpaired) electrons. The van der Waals surface area contributed by atoms with E-state index in [9.17, 15) is 0 Å². The molecule has 0 aromatic heterocycles. The third-order valence-electron chi connectivity index (χ3n) is 2.42. The van der Waals surface area contributed by atoms with Gasteiger partial charge in [-0.1, -0.05) is 6.92 Å². The Balaban J connectivity index is 2.38. The van der Waals surface area contributed by atoms with E-state index in [4.69, 9.17) is 10.00 Å². The molecule has 0 aliphatic carbocycles. The second-order valence-corrected chi connectivity index (χ2v) is 3.86. The van der Waals surface area contributed by atoms with Crippen molar-refractivity contribution in [3.05, 3.63) is 0 Å². The van der Waals surface area contributed by atoms with Crippen molar-refractivity contribution in [2.75, 3.05) is 33.4 Å². The van der Waals surface area contributed by atoms with Crippen LogP contribution in [0, 0.1) is 16.7 Å². The zero-order chi connectivity index (χ0) is 9.03. The van der Waals surface area contributed by atoms with E-state index in [1.54, 1.807) is 7.11 Å². The number of rotatable bonds is 3. The number of ether oxygens (including phenoxy) is 1. The van der Waals surface area contributed by atoms with Gasteiger partial charge in [-0.2, -0.15) is 5.26 Å². The van der Waals surface area contributed by atoms with Gasteiger partial charge in [0.2, 0.25) is 0 Å². The maximum absolute atomic E-state index is 8.50. The summed E-state index contributed by atoms with van der Waals surface area (Å²) in [6, 6.07) is 2.17. The maximum Gasteiger partial charge on any atom is 0.0866 e. The van der Waals surface area contributed by atoms with E-state index in [2.05, 4.69) is 17.9 Å². The van der Waals surface area contributed by atoms with Gasteiger partial charge in [-0.3, -0.25) is 4.90 Å². The number of hydrogen-bond donors (Lipinski definition) is 0. The molecule has 3 heteroatoms. The molecule has 68 valence electrons. The van der Waals surface area contributed by atoms with Crippen LogP contribution in [-0.2, 0) is 4.74 Å². The number of hydrogen-bond acceptors (Lipinski definition) is 3. The van der Waals surface area contributed by atoms with Crippen molar-refractivity contribution in [3.63, 3.8) is 0 Å². The Morgan fingerprint density at radius 2 is 2.42 bits per heavy atom. The summed E-state index contributed by atoms with van der Waals surface area (Å²) in [4.78, 5) is 2.18. The van der Waals surface area contributed by atoms with Crippen LogP contribution in [0.3, 0.4) is 0 Å². The molecule has 0 bridgehead atoms. The molecule has 12 heavy (non-hydrogen) atoms. The van der Waals surface area contributed by atoms with Crippen LogP contribution >= 0.6 is 0 Å². The first-order valence-electron chi connectivity index (χ1n) is 4.28. The number of nitriles is 1. The number of likely N-dealkylation sites (tertiary alicyclic amines) is 1. The van der Waals surface area contributed by atoms with E-state index in [0.717, 1.165) is 26.1 Å². The molecule has 0 amide bonds. The lowest BCUT2D eigenvalue weighted by molar-refractivity contribution is 0.0975. The molecule has 1 unspecified atom stereocenters. The molecule has 0 spiro atoms. The van der Waals surface area contributed by atoms with Gasteiger partial charge in [0.25, 0.3) is 0 Å².